The first-order chi connectivity index (χ1) is 18.5. The fraction of sp³-hybridized carbons (Fsp3) is 0.625. The van der Waals surface area contributed by atoms with Crippen LogP contribution < -0.4 is 10.1 Å². The number of pyridine rings is 1. The predicted molar refractivity (Wildman–Crippen MR) is 128 cm³/mol. The van der Waals surface area contributed by atoms with Crippen LogP contribution in [0.3, 0.4) is 0 Å². The van der Waals surface area contributed by atoms with Gasteiger partial charge in [-0.25, -0.2) is 14.3 Å². The van der Waals surface area contributed by atoms with Gasteiger partial charge in [0.05, 0.1) is 5.39 Å². The Morgan fingerprint density at radius 3 is 1.95 bits per heavy atom. The van der Waals surface area contributed by atoms with Gasteiger partial charge < -0.3 is 20.3 Å². The first-order valence-corrected chi connectivity index (χ1v) is 12.4. The molecule has 224 valence electrons. The quantitative estimate of drug-likeness (QED) is 0.432. The Balaban J connectivity index is 0.000000333. The smallest absolute Gasteiger partial charge is 0.475 e. The van der Waals surface area contributed by atoms with E-state index in [1.807, 2.05) is 19.2 Å². The highest BCUT2D eigenvalue weighted by Gasteiger charge is 2.39. The highest BCUT2D eigenvalue weighted by atomic mass is 19.4. The number of rotatable bonds is 4. The molecule has 0 radical (unpaired) electrons. The van der Waals surface area contributed by atoms with Gasteiger partial charge in [0.2, 0.25) is 5.88 Å². The average molecular weight is 585 g/mol. The largest absolute Gasteiger partial charge is 0.490 e. The number of nitrogens with zero attached hydrogens (tertiary/aromatic N) is 3. The summed E-state index contributed by atoms with van der Waals surface area (Å²) < 4.78 is 71.2. The van der Waals surface area contributed by atoms with Gasteiger partial charge in [0.1, 0.15) is 6.10 Å². The Morgan fingerprint density at radius 1 is 0.925 bits per heavy atom. The van der Waals surface area contributed by atoms with Crippen molar-refractivity contribution < 1.29 is 55.7 Å². The Hall–Kier alpha value is -3.59. The highest BCUT2D eigenvalue weighted by Crippen LogP contribution is 2.30. The molecule has 0 aromatic carbocycles. The molecule has 3 N–H and O–H groups in total. The molecule has 0 saturated heterocycles. The number of fused-ring (bicyclic) bond motifs is 1. The molecule has 0 aliphatic heterocycles. The van der Waals surface area contributed by atoms with Crippen LogP contribution in [0.5, 0.6) is 5.88 Å². The number of nitrogens with one attached hydrogen (secondary N) is 1. The number of carboxylic acids is 2. The van der Waals surface area contributed by atoms with Crippen molar-refractivity contribution in [3.05, 3.63) is 17.8 Å². The molecule has 2 aliphatic rings. The van der Waals surface area contributed by atoms with Gasteiger partial charge in [0.25, 0.3) is 5.91 Å². The number of aliphatic carboxylic acids is 2. The van der Waals surface area contributed by atoms with Crippen molar-refractivity contribution in [3.63, 3.8) is 0 Å². The maximum atomic E-state index is 12.7. The lowest BCUT2D eigenvalue weighted by Crippen LogP contribution is -2.36. The van der Waals surface area contributed by atoms with Crippen LogP contribution in [0.15, 0.2) is 12.1 Å². The minimum Gasteiger partial charge on any atom is -0.475 e. The molecule has 2 fully saturated rings. The average Bonchev–Trinajstić information content (AvgIpc) is 3.41. The molecule has 10 nitrogen and oxygen atoms in total. The van der Waals surface area contributed by atoms with Crippen molar-refractivity contribution in [1.82, 2.24) is 20.1 Å². The third-order valence-electron chi connectivity index (χ3n) is 6.36. The summed E-state index contributed by atoms with van der Waals surface area (Å²) in [6.45, 7) is 2.23. The van der Waals surface area contributed by atoms with Crippen LogP contribution in [0.25, 0.3) is 11.0 Å². The van der Waals surface area contributed by atoms with E-state index in [4.69, 9.17) is 24.5 Å². The van der Waals surface area contributed by atoms with E-state index in [9.17, 15) is 31.1 Å². The molecule has 16 heteroatoms. The van der Waals surface area contributed by atoms with Crippen LogP contribution in [0.2, 0.25) is 0 Å². The van der Waals surface area contributed by atoms with Crippen LogP contribution in [0.1, 0.15) is 68.8 Å². The van der Waals surface area contributed by atoms with Crippen molar-refractivity contribution in [1.29, 1.82) is 0 Å². The number of carbonyl (C=O) groups excluding carboxylic acids is 1. The number of aromatic nitrogens is 3. The summed E-state index contributed by atoms with van der Waals surface area (Å²) in [6.07, 6.45) is -0.645. The summed E-state index contributed by atoms with van der Waals surface area (Å²) in [7, 11) is 1.83. The monoisotopic (exact) mass is 584 g/mol. The second kappa shape index (κ2) is 13.7. The molecule has 2 aliphatic carbocycles. The van der Waals surface area contributed by atoms with Gasteiger partial charge in [-0.2, -0.15) is 36.4 Å². The number of carboxylic acid groups (broad SMARTS) is 2. The number of hydrogen-bond donors (Lipinski definition) is 3. The van der Waals surface area contributed by atoms with Gasteiger partial charge in [-0.05, 0) is 44.1 Å². The zero-order valence-electron chi connectivity index (χ0n) is 21.7. The van der Waals surface area contributed by atoms with Gasteiger partial charge in [0.15, 0.2) is 11.3 Å². The highest BCUT2D eigenvalue weighted by molar-refractivity contribution is 6.04. The lowest BCUT2D eigenvalue weighted by molar-refractivity contribution is -0.193. The van der Waals surface area contributed by atoms with Crippen LogP contribution >= 0.6 is 0 Å². The number of aryl methyl sites for hydroxylation is 1. The molecule has 2 atom stereocenters. The standard InChI is InChI=1S/C20H28N4O2.2C2HF3O2/c1-13-7-6-10-16(13)26-17-12-11-15-18(23-24(2)19(15)22-17)20(25)21-14-8-4-3-5-9-14;2*3-2(4,5)1(6)7/h11-14,16H,3-10H2,1-2H3,(H,21,25);2*(H,6,7)/t13-,16-;;/m1../s1. The van der Waals surface area contributed by atoms with Crippen molar-refractivity contribution in [3.8, 4) is 5.88 Å². The third-order valence-corrected chi connectivity index (χ3v) is 6.36. The summed E-state index contributed by atoms with van der Waals surface area (Å²) in [5.74, 6) is -4.42. The van der Waals surface area contributed by atoms with Crippen molar-refractivity contribution >= 4 is 28.9 Å². The molecule has 40 heavy (non-hydrogen) atoms. The van der Waals surface area contributed by atoms with Crippen LogP contribution in [0, 0.1) is 5.92 Å². The predicted octanol–water partition coefficient (Wildman–Crippen LogP) is 4.86. The first kappa shape index (κ1) is 32.6. The fourth-order valence-corrected chi connectivity index (χ4v) is 4.29. The molecule has 0 unspecified atom stereocenters. The SMILES string of the molecule is C[C@@H]1CCC[C@H]1Oc1ccc2c(C(=O)NC3CCCCC3)nn(C)c2n1.O=C(O)C(F)(F)F.O=C(O)C(F)(F)F. The number of halogens is 6. The summed E-state index contributed by atoms with van der Waals surface area (Å²) in [5.41, 5.74) is 1.16. The van der Waals surface area contributed by atoms with E-state index in [0.29, 0.717) is 23.1 Å². The van der Waals surface area contributed by atoms with E-state index >= 15 is 0 Å². The Kier molecular flexibility index (Phi) is 11.1. The van der Waals surface area contributed by atoms with Gasteiger partial charge in [0, 0.05) is 19.2 Å². The molecule has 2 saturated carbocycles. The molecule has 4 rings (SSSR count). The summed E-state index contributed by atoms with van der Waals surface area (Å²) in [5, 5.41) is 22.6. The minimum absolute atomic E-state index is 0.0950. The molecule has 1 amide bonds. The van der Waals surface area contributed by atoms with Gasteiger partial charge in [-0.3, -0.25) is 4.79 Å². The molecule has 2 aromatic heterocycles. The molecule has 0 bridgehead atoms. The zero-order chi connectivity index (χ0) is 30.3. The van der Waals surface area contributed by atoms with E-state index in [0.717, 1.165) is 24.6 Å². The van der Waals surface area contributed by atoms with E-state index < -0.39 is 24.3 Å². The number of ether oxygens (including phenoxy) is 1. The maximum absolute atomic E-state index is 12.7. The summed E-state index contributed by atoms with van der Waals surface area (Å²) in [6, 6.07) is 4.06. The molecular formula is C24H30F6N4O6. The van der Waals surface area contributed by atoms with Crippen molar-refractivity contribution in [2.75, 3.05) is 0 Å². The van der Waals surface area contributed by atoms with E-state index in [1.165, 1.54) is 32.1 Å². The topological polar surface area (TPSA) is 144 Å². The van der Waals surface area contributed by atoms with E-state index in [1.54, 1.807) is 4.68 Å². The van der Waals surface area contributed by atoms with Gasteiger partial charge in [-0.1, -0.05) is 26.2 Å². The third kappa shape index (κ3) is 9.55. The second-order valence-electron chi connectivity index (χ2n) is 9.47. The first-order valence-electron chi connectivity index (χ1n) is 12.4. The molecule has 0 spiro atoms. The number of carbonyl (C=O) groups is 3. The van der Waals surface area contributed by atoms with Crippen LogP contribution in [-0.4, -0.2) is 67.3 Å². The second-order valence-corrected chi connectivity index (χ2v) is 9.47. The Bertz CT molecular complexity index is 1150. The van der Waals surface area contributed by atoms with Crippen molar-refractivity contribution in [2.45, 2.75) is 82.8 Å². The fourth-order valence-electron chi connectivity index (χ4n) is 4.29. The number of amides is 1. The van der Waals surface area contributed by atoms with Crippen LogP contribution in [-0.2, 0) is 16.6 Å². The van der Waals surface area contributed by atoms with Crippen molar-refractivity contribution in [2.24, 2.45) is 13.0 Å². The number of hydrogen-bond acceptors (Lipinski definition) is 6. The minimum atomic E-state index is -5.08. The molecule has 2 heterocycles. The van der Waals surface area contributed by atoms with E-state index in [2.05, 4.69) is 22.3 Å². The number of alkyl halides is 6. The Morgan fingerprint density at radius 2 is 1.48 bits per heavy atom. The normalized spacial score (nSPS) is 19.6. The molecule has 2 aromatic rings. The van der Waals surface area contributed by atoms with Crippen LogP contribution in [0.4, 0.5) is 26.3 Å². The van der Waals surface area contributed by atoms with Gasteiger partial charge in [-0.15, -0.1) is 0 Å². The summed E-state index contributed by atoms with van der Waals surface area (Å²) >= 11 is 0. The Labute approximate surface area is 224 Å². The lowest BCUT2D eigenvalue weighted by Gasteiger charge is -2.22. The van der Waals surface area contributed by atoms with E-state index in [-0.39, 0.29) is 18.1 Å². The van der Waals surface area contributed by atoms with Gasteiger partial charge >= 0.3 is 24.3 Å². The maximum Gasteiger partial charge on any atom is 0.490 e. The zero-order valence-corrected chi connectivity index (χ0v) is 21.7. The summed E-state index contributed by atoms with van der Waals surface area (Å²) in [4.78, 5) is 35.1. The lowest BCUT2D eigenvalue weighted by atomic mass is 9.95. The molecular weight excluding hydrogens is 554 g/mol.